The predicted octanol–water partition coefficient (Wildman–Crippen LogP) is 2.56. The monoisotopic (exact) mass is 305 g/mol. The van der Waals surface area contributed by atoms with Gasteiger partial charge in [-0.25, -0.2) is 0 Å². The van der Waals surface area contributed by atoms with Crippen LogP contribution in [-0.4, -0.2) is 29.3 Å². The molecule has 2 atom stereocenters. The Balaban J connectivity index is 1.76. The molecule has 5 heteroatoms. The molecule has 0 saturated carbocycles. The van der Waals surface area contributed by atoms with Crippen molar-refractivity contribution in [3.05, 3.63) is 42.5 Å². The van der Waals surface area contributed by atoms with Crippen molar-refractivity contribution in [2.75, 3.05) is 12.3 Å². The van der Waals surface area contributed by atoms with Gasteiger partial charge in [0.15, 0.2) is 0 Å². The number of hydrogen-bond donors (Lipinski definition) is 2. The number of carbonyl (C=O) groups is 2. The molecule has 1 aliphatic carbocycles. The Morgan fingerprint density at radius 2 is 1.81 bits per heavy atom. The van der Waals surface area contributed by atoms with Crippen molar-refractivity contribution in [3.63, 3.8) is 0 Å². The third-order valence-corrected chi connectivity index (χ3v) is 4.51. The third-order valence-electron chi connectivity index (χ3n) is 3.50. The smallest absolute Gasteiger partial charge is 0.307 e. The summed E-state index contributed by atoms with van der Waals surface area (Å²) in [7, 11) is 0. The summed E-state index contributed by atoms with van der Waals surface area (Å²) in [6.07, 6.45) is 4.68. The highest BCUT2D eigenvalue weighted by Crippen LogP contribution is 2.26. The minimum Gasteiger partial charge on any atom is -0.481 e. The summed E-state index contributed by atoms with van der Waals surface area (Å²) >= 11 is 1.67. The Labute approximate surface area is 128 Å². The molecule has 1 amide bonds. The van der Waals surface area contributed by atoms with Crippen LogP contribution in [0.25, 0.3) is 0 Å². The van der Waals surface area contributed by atoms with Gasteiger partial charge in [-0.1, -0.05) is 30.4 Å². The summed E-state index contributed by atoms with van der Waals surface area (Å²) in [5, 5.41) is 12.0. The second kappa shape index (κ2) is 7.88. The van der Waals surface area contributed by atoms with Crippen LogP contribution in [-0.2, 0) is 9.59 Å². The minimum absolute atomic E-state index is 0.152. The number of carboxylic acid groups (broad SMARTS) is 1. The summed E-state index contributed by atoms with van der Waals surface area (Å²) in [4.78, 5) is 24.4. The maximum Gasteiger partial charge on any atom is 0.307 e. The average molecular weight is 305 g/mol. The number of nitrogens with one attached hydrogen (secondary N) is 1. The van der Waals surface area contributed by atoms with Crippen molar-refractivity contribution < 1.29 is 14.7 Å². The quantitative estimate of drug-likeness (QED) is 0.481. The third kappa shape index (κ3) is 4.63. The lowest BCUT2D eigenvalue weighted by Crippen LogP contribution is -2.39. The zero-order valence-corrected chi connectivity index (χ0v) is 12.5. The lowest BCUT2D eigenvalue weighted by Gasteiger charge is -2.24. The normalized spacial score (nSPS) is 21.0. The standard InChI is InChI=1S/C16H19NO3S/c18-15(13-8-4-5-9-14(13)16(19)20)17-10-11-21-12-6-2-1-3-7-12/h1-7,13-14H,8-11H2,(H,17,18)(H,19,20)/t13-,14+/m1/s1. The molecule has 1 aromatic rings. The number of hydrogen-bond acceptors (Lipinski definition) is 3. The van der Waals surface area contributed by atoms with Crippen molar-refractivity contribution in [1.82, 2.24) is 5.32 Å². The number of amides is 1. The summed E-state index contributed by atoms with van der Waals surface area (Å²) in [6, 6.07) is 9.98. The van der Waals surface area contributed by atoms with Gasteiger partial charge in [-0.05, 0) is 25.0 Å². The van der Waals surface area contributed by atoms with Gasteiger partial charge in [0.2, 0.25) is 5.91 Å². The second-order valence-electron chi connectivity index (χ2n) is 4.95. The van der Waals surface area contributed by atoms with Crippen LogP contribution in [0.5, 0.6) is 0 Å². The van der Waals surface area contributed by atoms with Gasteiger partial charge in [-0.2, -0.15) is 0 Å². The van der Waals surface area contributed by atoms with Crippen LogP contribution in [0.15, 0.2) is 47.4 Å². The van der Waals surface area contributed by atoms with Gasteiger partial charge in [0.1, 0.15) is 0 Å². The number of carbonyl (C=O) groups excluding carboxylic acids is 1. The fraction of sp³-hybridized carbons (Fsp3) is 0.375. The predicted molar refractivity (Wildman–Crippen MR) is 83.2 cm³/mol. The number of carboxylic acids is 1. The lowest BCUT2D eigenvalue weighted by atomic mass is 9.82. The van der Waals surface area contributed by atoms with E-state index in [0.717, 1.165) is 10.6 Å². The maximum atomic E-state index is 12.1. The fourth-order valence-electron chi connectivity index (χ4n) is 2.37. The van der Waals surface area contributed by atoms with Crippen molar-refractivity contribution in [1.29, 1.82) is 0 Å². The van der Waals surface area contributed by atoms with Gasteiger partial charge in [-0.3, -0.25) is 9.59 Å². The molecule has 21 heavy (non-hydrogen) atoms. The van der Waals surface area contributed by atoms with E-state index in [1.54, 1.807) is 11.8 Å². The molecule has 0 unspecified atom stereocenters. The van der Waals surface area contributed by atoms with E-state index in [4.69, 9.17) is 5.11 Å². The van der Waals surface area contributed by atoms with Gasteiger partial charge >= 0.3 is 5.97 Å². The topological polar surface area (TPSA) is 66.4 Å². The van der Waals surface area contributed by atoms with Gasteiger partial charge in [0.25, 0.3) is 0 Å². The fourth-order valence-corrected chi connectivity index (χ4v) is 3.16. The number of benzene rings is 1. The number of rotatable bonds is 6. The first kappa shape index (κ1) is 15.6. The van der Waals surface area contributed by atoms with E-state index >= 15 is 0 Å². The second-order valence-corrected chi connectivity index (χ2v) is 6.11. The van der Waals surface area contributed by atoms with Gasteiger partial charge in [0, 0.05) is 17.2 Å². The van der Waals surface area contributed by atoms with Crippen LogP contribution in [0.4, 0.5) is 0 Å². The van der Waals surface area contributed by atoms with Gasteiger partial charge < -0.3 is 10.4 Å². The van der Waals surface area contributed by atoms with Crippen molar-refractivity contribution in [2.24, 2.45) is 11.8 Å². The van der Waals surface area contributed by atoms with Crippen LogP contribution in [0.1, 0.15) is 12.8 Å². The minimum atomic E-state index is -0.891. The zero-order valence-electron chi connectivity index (χ0n) is 11.7. The van der Waals surface area contributed by atoms with E-state index in [1.807, 2.05) is 42.5 Å². The molecule has 0 radical (unpaired) electrons. The molecule has 4 nitrogen and oxygen atoms in total. The molecule has 0 spiro atoms. The lowest BCUT2D eigenvalue weighted by molar-refractivity contribution is -0.147. The average Bonchev–Trinajstić information content (AvgIpc) is 2.52. The van der Waals surface area contributed by atoms with Crippen LogP contribution >= 0.6 is 11.8 Å². The van der Waals surface area contributed by atoms with E-state index < -0.39 is 17.8 Å². The molecule has 0 fully saturated rings. The molecule has 0 aliphatic heterocycles. The van der Waals surface area contributed by atoms with Crippen LogP contribution in [0.2, 0.25) is 0 Å². The molecule has 0 heterocycles. The molecule has 0 bridgehead atoms. The molecule has 0 saturated heterocycles. The molecule has 112 valence electrons. The first-order chi connectivity index (χ1) is 10.2. The maximum absolute atomic E-state index is 12.1. The molecule has 1 aliphatic rings. The van der Waals surface area contributed by atoms with Crippen molar-refractivity contribution >= 4 is 23.6 Å². The zero-order chi connectivity index (χ0) is 15.1. The van der Waals surface area contributed by atoms with Gasteiger partial charge in [-0.15, -0.1) is 11.8 Å². The highest BCUT2D eigenvalue weighted by molar-refractivity contribution is 7.99. The summed E-state index contributed by atoms with van der Waals surface area (Å²) in [5.41, 5.74) is 0. The van der Waals surface area contributed by atoms with E-state index in [-0.39, 0.29) is 5.91 Å². The first-order valence-electron chi connectivity index (χ1n) is 7.02. The molecular formula is C16H19NO3S. The van der Waals surface area contributed by atoms with Crippen molar-refractivity contribution in [2.45, 2.75) is 17.7 Å². The van der Waals surface area contributed by atoms with Crippen molar-refractivity contribution in [3.8, 4) is 0 Å². The Kier molecular flexibility index (Phi) is 5.87. The first-order valence-corrected chi connectivity index (χ1v) is 8.00. The molecule has 1 aromatic carbocycles. The van der Waals surface area contributed by atoms with E-state index in [0.29, 0.717) is 19.4 Å². The van der Waals surface area contributed by atoms with Crippen LogP contribution < -0.4 is 5.32 Å². The van der Waals surface area contributed by atoms with E-state index in [1.165, 1.54) is 0 Å². The summed E-state index contributed by atoms with van der Waals surface area (Å²) in [5.74, 6) is -1.32. The summed E-state index contributed by atoms with van der Waals surface area (Å²) in [6.45, 7) is 0.547. The van der Waals surface area contributed by atoms with Gasteiger partial charge in [0.05, 0.1) is 11.8 Å². The Hall–Kier alpha value is -1.75. The van der Waals surface area contributed by atoms with E-state index in [9.17, 15) is 9.59 Å². The highest BCUT2D eigenvalue weighted by Gasteiger charge is 2.33. The molecule has 0 aromatic heterocycles. The number of thioether (sulfide) groups is 1. The van der Waals surface area contributed by atoms with Crippen LogP contribution in [0, 0.1) is 11.8 Å². The number of allylic oxidation sites excluding steroid dienone is 2. The number of aliphatic carboxylic acids is 1. The summed E-state index contributed by atoms with van der Waals surface area (Å²) < 4.78 is 0. The molecule has 2 N–H and O–H groups in total. The Morgan fingerprint density at radius 3 is 2.48 bits per heavy atom. The Bertz CT molecular complexity index is 516. The Morgan fingerprint density at radius 1 is 1.14 bits per heavy atom. The SMILES string of the molecule is O=C(O)[C@H]1CC=CC[C@H]1C(=O)NCCSc1ccccc1. The molecule has 2 rings (SSSR count). The molecular weight excluding hydrogens is 286 g/mol. The van der Waals surface area contributed by atoms with Crippen LogP contribution in [0.3, 0.4) is 0 Å². The largest absolute Gasteiger partial charge is 0.481 e. The highest BCUT2D eigenvalue weighted by atomic mass is 32.2. The van der Waals surface area contributed by atoms with E-state index in [2.05, 4.69) is 5.32 Å².